The maximum absolute atomic E-state index is 6.02. The lowest BCUT2D eigenvalue weighted by atomic mass is 9.80. The van der Waals surface area contributed by atoms with Gasteiger partial charge in [0.1, 0.15) is 0 Å². The third-order valence-electron chi connectivity index (χ3n) is 4.78. The molecule has 0 heterocycles. The van der Waals surface area contributed by atoms with Gasteiger partial charge in [-0.1, -0.05) is 55.5 Å². The molecule has 1 aromatic carbocycles. The molecule has 0 radical (unpaired) electrons. The molecule has 3 unspecified atom stereocenters. The summed E-state index contributed by atoms with van der Waals surface area (Å²) in [5, 5.41) is 0.765. The molecule has 1 aromatic rings. The van der Waals surface area contributed by atoms with Crippen LogP contribution in [-0.4, -0.2) is 11.8 Å². The second kappa shape index (κ2) is 8.24. The molecule has 2 N–H and O–H groups in total. The summed E-state index contributed by atoms with van der Waals surface area (Å²) in [7, 11) is 0. The first-order valence-corrected chi connectivity index (χ1v) is 9.56. The predicted molar refractivity (Wildman–Crippen MR) is 95.8 cm³/mol. The first-order valence-electron chi connectivity index (χ1n) is 8.51. The molecule has 118 valence electrons. The zero-order valence-electron chi connectivity index (χ0n) is 13.9. The van der Waals surface area contributed by atoms with Gasteiger partial charge in [0.2, 0.25) is 0 Å². The van der Waals surface area contributed by atoms with Gasteiger partial charge in [0.15, 0.2) is 0 Å². The zero-order valence-corrected chi connectivity index (χ0v) is 14.7. The molecule has 0 spiro atoms. The fourth-order valence-corrected chi connectivity index (χ4v) is 5.28. The van der Waals surface area contributed by atoms with Crippen molar-refractivity contribution in [3.63, 3.8) is 0 Å². The van der Waals surface area contributed by atoms with E-state index in [-0.39, 0.29) is 0 Å². The Morgan fingerprint density at radius 2 is 1.86 bits per heavy atom. The maximum atomic E-state index is 6.02. The van der Waals surface area contributed by atoms with Crippen LogP contribution in [0.1, 0.15) is 55.7 Å². The first-order chi connectivity index (χ1) is 10.1. The highest BCUT2D eigenvalue weighted by Crippen LogP contribution is 2.39. The van der Waals surface area contributed by atoms with Crippen LogP contribution in [0.15, 0.2) is 18.2 Å². The van der Waals surface area contributed by atoms with Crippen LogP contribution in [0.25, 0.3) is 0 Å². The number of hydrogen-bond acceptors (Lipinski definition) is 2. The molecule has 3 atom stereocenters. The van der Waals surface area contributed by atoms with Gasteiger partial charge in [0.25, 0.3) is 0 Å². The normalized spacial score (nSPS) is 26.0. The zero-order chi connectivity index (χ0) is 15.2. The summed E-state index contributed by atoms with van der Waals surface area (Å²) in [4.78, 5) is 0. The lowest BCUT2D eigenvalue weighted by Gasteiger charge is -2.35. The molecule has 0 aromatic heterocycles. The summed E-state index contributed by atoms with van der Waals surface area (Å²) in [6.45, 7) is 7.57. The molecule has 0 aliphatic heterocycles. The van der Waals surface area contributed by atoms with E-state index in [9.17, 15) is 0 Å². The Bertz CT molecular complexity index is 423. The molecule has 1 aliphatic rings. The summed E-state index contributed by atoms with van der Waals surface area (Å²) in [5.41, 5.74) is 10.3. The third-order valence-corrected chi connectivity index (χ3v) is 6.29. The van der Waals surface area contributed by atoms with E-state index in [1.54, 1.807) is 0 Å². The van der Waals surface area contributed by atoms with E-state index in [4.69, 9.17) is 5.73 Å². The van der Waals surface area contributed by atoms with Gasteiger partial charge < -0.3 is 5.73 Å². The molecule has 1 aliphatic carbocycles. The van der Waals surface area contributed by atoms with Gasteiger partial charge in [-0.3, -0.25) is 0 Å². The van der Waals surface area contributed by atoms with Crippen molar-refractivity contribution in [1.82, 2.24) is 0 Å². The highest BCUT2D eigenvalue weighted by molar-refractivity contribution is 7.99. The van der Waals surface area contributed by atoms with E-state index in [2.05, 4.69) is 50.7 Å². The quantitative estimate of drug-likeness (QED) is 0.793. The predicted octanol–water partition coefficient (Wildman–Crippen LogP) is 5.08. The number of nitrogens with two attached hydrogens (primary N) is 1. The standard InChI is InChI=1S/C19H31NS/c1-4-5-16-6-7-18(12-20)19(11-16)21-13-17-9-14(2)8-15(3)10-17/h8-10,16,18-19H,4-7,11-13,20H2,1-3H3. The van der Waals surface area contributed by atoms with Gasteiger partial charge in [0.05, 0.1) is 0 Å². The lowest BCUT2D eigenvalue weighted by molar-refractivity contribution is 0.276. The van der Waals surface area contributed by atoms with Crippen LogP contribution < -0.4 is 5.73 Å². The Labute approximate surface area is 135 Å². The second-order valence-electron chi connectivity index (χ2n) is 6.81. The van der Waals surface area contributed by atoms with Crippen molar-refractivity contribution in [1.29, 1.82) is 0 Å². The molecular weight excluding hydrogens is 274 g/mol. The summed E-state index contributed by atoms with van der Waals surface area (Å²) in [6.07, 6.45) is 6.84. The van der Waals surface area contributed by atoms with Gasteiger partial charge in [-0.15, -0.1) is 0 Å². The molecule has 2 heteroatoms. The van der Waals surface area contributed by atoms with Gasteiger partial charge in [-0.25, -0.2) is 0 Å². The summed E-state index contributed by atoms with van der Waals surface area (Å²) >= 11 is 2.15. The van der Waals surface area contributed by atoms with Crippen LogP contribution in [0.3, 0.4) is 0 Å². The van der Waals surface area contributed by atoms with Gasteiger partial charge >= 0.3 is 0 Å². The monoisotopic (exact) mass is 305 g/mol. The fraction of sp³-hybridized carbons (Fsp3) is 0.684. The number of rotatable bonds is 6. The number of hydrogen-bond donors (Lipinski definition) is 1. The van der Waals surface area contributed by atoms with Crippen molar-refractivity contribution >= 4 is 11.8 Å². The molecule has 0 bridgehead atoms. The highest BCUT2D eigenvalue weighted by Gasteiger charge is 2.29. The van der Waals surface area contributed by atoms with Crippen molar-refractivity contribution in [3.05, 3.63) is 34.9 Å². The largest absolute Gasteiger partial charge is 0.330 e. The average molecular weight is 306 g/mol. The van der Waals surface area contributed by atoms with E-state index in [1.165, 1.54) is 48.8 Å². The molecule has 2 rings (SSSR count). The van der Waals surface area contributed by atoms with Gasteiger partial charge in [-0.05, 0) is 50.6 Å². The minimum atomic E-state index is 0.731. The Balaban J connectivity index is 1.94. The Hall–Kier alpha value is -0.470. The molecule has 21 heavy (non-hydrogen) atoms. The fourth-order valence-electron chi connectivity index (χ4n) is 3.77. The van der Waals surface area contributed by atoms with Crippen LogP contribution in [-0.2, 0) is 5.75 Å². The van der Waals surface area contributed by atoms with Crippen molar-refractivity contribution in [2.24, 2.45) is 17.6 Å². The maximum Gasteiger partial charge on any atom is 0.0187 e. The van der Waals surface area contributed by atoms with Gasteiger partial charge in [-0.2, -0.15) is 11.8 Å². The minimum absolute atomic E-state index is 0.731. The van der Waals surface area contributed by atoms with Crippen LogP contribution in [0.5, 0.6) is 0 Å². The Morgan fingerprint density at radius 3 is 2.48 bits per heavy atom. The summed E-state index contributed by atoms with van der Waals surface area (Å²) in [6, 6.07) is 6.93. The van der Waals surface area contributed by atoms with E-state index in [0.717, 1.165) is 29.4 Å². The van der Waals surface area contributed by atoms with E-state index < -0.39 is 0 Å². The van der Waals surface area contributed by atoms with E-state index in [0.29, 0.717) is 0 Å². The molecule has 1 nitrogen and oxygen atoms in total. The van der Waals surface area contributed by atoms with Crippen LogP contribution in [0.2, 0.25) is 0 Å². The molecule has 0 amide bonds. The van der Waals surface area contributed by atoms with Crippen molar-refractivity contribution < 1.29 is 0 Å². The summed E-state index contributed by atoms with van der Waals surface area (Å²) < 4.78 is 0. The molecular formula is C19H31NS. The van der Waals surface area contributed by atoms with Crippen molar-refractivity contribution in [2.45, 2.75) is 63.9 Å². The van der Waals surface area contributed by atoms with Crippen LogP contribution >= 0.6 is 11.8 Å². The molecule has 1 fully saturated rings. The number of benzene rings is 1. The number of thioether (sulfide) groups is 1. The average Bonchev–Trinajstić information content (AvgIpc) is 2.45. The molecule has 1 saturated carbocycles. The summed E-state index contributed by atoms with van der Waals surface area (Å²) in [5.74, 6) is 2.81. The first kappa shape index (κ1) is 16.9. The number of aryl methyl sites for hydroxylation is 2. The lowest BCUT2D eigenvalue weighted by Crippen LogP contribution is -2.32. The second-order valence-corrected chi connectivity index (χ2v) is 8.04. The van der Waals surface area contributed by atoms with E-state index in [1.807, 2.05) is 0 Å². The minimum Gasteiger partial charge on any atom is -0.330 e. The van der Waals surface area contributed by atoms with Gasteiger partial charge in [0, 0.05) is 11.0 Å². The van der Waals surface area contributed by atoms with Crippen LogP contribution in [0, 0.1) is 25.7 Å². The van der Waals surface area contributed by atoms with Crippen LogP contribution in [0.4, 0.5) is 0 Å². The highest BCUT2D eigenvalue weighted by atomic mass is 32.2. The van der Waals surface area contributed by atoms with Crippen molar-refractivity contribution in [2.75, 3.05) is 6.54 Å². The Kier molecular flexibility index (Phi) is 6.63. The van der Waals surface area contributed by atoms with E-state index >= 15 is 0 Å². The Morgan fingerprint density at radius 1 is 1.14 bits per heavy atom. The SMILES string of the molecule is CCCC1CCC(CN)C(SCc2cc(C)cc(C)c2)C1. The smallest absolute Gasteiger partial charge is 0.0187 e. The molecule has 0 saturated heterocycles. The van der Waals surface area contributed by atoms with Crippen molar-refractivity contribution in [3.8, 4) is 0 Å². The topological polar surface area (TPSA) is 26.0 Å². The third kappa shape index (κ3) is 5.03.